The molecule has 110 valence electrons. The molecule has 0 spiro atoms. The molecule has 0 amide bonds. The zero-order chi connectivity index (χ0) is 15.3. The number of hydrogen-bond donors (Lipinski definition) is 3. The zero-order valence-corrected chi connectivity index (χ0v) is 11.9. The van der Waals surface area contributed by atoms with Crippen LogP contribution in [0.15, 0.2) is 60.7 Å². The molecule has 2 aromatic rings. The molecule has 0 aromatic heterocycles. The normalized spacial score (nSPS) is 15.1. The van der Waals surface area contributed by atoms with Crippen LogP contribution in [-0.2, 0) is 10.3 Å². The Balaban J connectivity index is 2.33. The SMILES string of the molecule is CC(CO)(NC(C(=O)O)c1ccccc1)c1ccccc1. The highest BCUT2D eigenvalue weighted by Crippen LogP contribution is 2.25. The molecular weight excluding hydrogens is 266 g/mol. The van der Waals surface area contributed by atoms with Crippen molar-refractivity contribution < 1.29 is 15.0 Å². The molecule has 2 aromatic carbocycles. The molecule has 0 bridgehead atoms. The molecule has 21 heavy (non-hydrogen) atoms. The van der Waals surface area contributed by atoms with E-state index in [1.807, 2.05) is 36.4 Å². The van der Waals surface area contributed by atoms with Crippen molar-refractivity contribution in [2.75, 3.05) is 6.61 Å². The van der Waals surface area contributed by atoms with Gasteiger partial charge in [0.15, 0.2) is 0 Å². The molecule has 0 aliphatic heterocycles. The number of aliphatic carboxylic acids is 1. The number of nitrogens with one attached hydrogen (secondary N) is 1. The van der Waals surface area contributed by atoms with Gasteiger partial charge in [-0.2, -0.15) is 0 Å². The molecule has 4 heteroatoms. The van der Waals surface area contributed by atoms with Gasteiger partial charge in [0.05, 0.1) is 12.1 Å². The molecule has 2 rings (SSSR count). The summed E-state index contributed by atoms with van der Waals surface area (Å²) in [6.07, 6.45) is 0. The van der Waals surface area contributed by atoms with Gasteiger partial charge in [0.25, 0.3) is 0 Å². The minimum atomic E-state index is -0.975. The third-order valence-electron chi connectivity index (χ3n) is 3.57. The lowest BCUT2D eigenvalue weighted by Gasteiger charge is -2.32. The maximum absolute atomic E-state index is 11.6. The van der Waals surface area contributed by atoms with Crippen LogP contribution in [0.1, 0.15) is 24.1 Å². The fourth-order valence-corrected chi connectivity index (χ4v) is 2.28. The Hall–Kier alpha value is -2.17. The Morgan fingerprint density at radius 2 is 1.62 bits per heavy atom. The van der Waals surface area contributed by atoms with E-state index in [1.165, 1.54) is 0 Å². The first-order chi connectivity index (χ1) is 10.1. The fraction of sp³-hybridized carbons (Fsp3) is 0.235. The van der Waals surface area contributed by atoms with E-state index in [0.717, 1.165) is 5.56 Å². The van der Waals surface area contributed by atoms with Crippen molar-refractivity contribution in [3.8, 4) is 0 Å². The van der Waals surface area contributed by atoms with Crippen LogP contribution in [0, 0.1) is 0 Å². The third kappa shape index (κ3) is 3.48. The number of carboxylic acid groups (broad SMARTS) is 1. The molecule has 0 saturated carbocycles. The lowest BCUT2D eigenvalue weighted by molar-refractivity contribution is -0.140. The minimum absolute atomic E-state index is 0.201. The highest BCUT2D eigenvalue weighted by molar-refractivity contribution is 5.75. The predicted octanol–water partition coefficient (Wildman–Crippen LogP) is 2.31. The second-order valence-corrected chi connectivity index (χ2v) is 5.18. The topological polar surface area (TPSA) is 69.6 Å². The quantitative estimate of drug-likeness (QED) is 0.762. The molecule has 0 fully saturated rings. The zero-order valence-electron chi connectivity index (χ0n) is 11.9. The molecule has 0 heterocycles. The largest absolute Gasteiger partial charge is 0.480 e. The van der Waals surface area contributed by atoms with Crippen molar-refractivity contribution in [2.24, 2.45) is 0 Å². The van der Waals surface area contributed by atoms with Gasteiger partial charge in [0.2, 0.25) is 0 Å². The van der Waals surface area contributed by atoms with Gasteiger partial charge in [-0.15, -0.1) is 0 Å². The van der Waals surface area contributed by atoms with E-state index < -0.39 is 17.6 Å². The van der Waals surface area contributed by atoms with Crippen LogP contribution < -0.4 is 5.32 Å². The Kier molecular flexibility index (Phi) is 4.73. The molecular formula is C17H19NO3. The molecule has 4 nitrogen and oxygen atoms in total. The summed E-state index contributed by atoms with van der Waals surface area (Å²) < 4.78 is 0. The van der Waals surface area contributed by atoms with E-state index in [1.54, 1.807) is 31.2 Å². The first-order valence-electron chi connectivity index (χ1n) is 6.78. The summed E-state index contributed by atoms with van der Waals surface area (Å²) in [7, 11) is 0. The van der Waals surface area contributed by atoms with Gasteiger partial charge in [0, 0.05) is 0 Å². The van der Waals surface area contributed by atoms with Gasteiger partial charge in [-0.25, -0.2) is 0 Å². The molecule has 2 atom stereocenters. The van der Waals surface area contributed by atoms with E-state index in [0.29, 0.717) is 5.56 Å². The van der Waals surface area contributed by atoms with E-state index in [-0.39, 0.29) is 6.61 Å². The highest BCUT2D eigenvalue weighted by Gasteiger charge is 2.32. The average Bonchev–Trinajstić information content (AvgIpc) is 2.54. The summed E-state index contributed by atoms with van der Waals surface area (Å²) in [6.45, 7) is 1.59. The van der Waals surface area contributed by atoms with Crippen molar-refractivity contribution in [2.45, 2.75) is 18.5 Å². The Labute approximate surface area is 124 Å². The van der Waals surface area contributed by atoms with Crippen molar-refractivity contribution in [3.05, 3.63) is 71.8 Å². The van der Waals surface area contributed by atoms with Gasteiger partial charge in [-0.1, -0.05) is 60.7 Å². The van der Waals surface area contributed by atoms with Crippen molar-refractivity contribution in [3.63, 3.8) is 0 Å². The molecule has 0 radical (unpaired) electrons. The number of aliphatic hydroxyl groups is 1. The third-order valence-corrected chi connectivity index (χ3v) is 3.57. The highest BCUT2D eigenvalue weighted by atomic mass is 16.4. The van der Waals surface area contributed by atoms with E-state index in [4.69, 9.17) is 0 Å². The van der Waals surface area contributed by atoms with Gasteiger partial charge >= 0.3 is 5.97 Å². The number of benzene rings is 2. The van der Waals surface area contributed by atoms with E-state index >= 15 is 0 Å². The molecule has 0 aliphatic rings. The Bertz CT molecular complexity index is 585. The van der Waals surface area contributed by atoms with Gasteiger partial charge < -0.3 is 10.2 Å². The second kappa shape index (κ2) is 6.52. The van der Waals surface area contributed by atoms with Crippen LogP contribution in [-0.4, -0.2) is 22.8 Å². The van der Waals surface area contributed by atoms with Gasteiger partial charge in [-0.3, -0.25) is 10.1 Å². The van der Waals surface area contributed by atoms with Gasteiger partial charge in [0.1, 0.15) is 6.04 Å². The summed E-state index contributed by atoms with van der Waals surface area (Å²) in [6, 6.07) is 17.4. The van der Waals surface area contributed by atoms with Crippen molar-refractivity contribution in [1.29, 1.82) is 0 Å². The van der Waals surface area contributed by atoms with Crippen LogP contribution >= 0.6 is 0 Å². The van der Waals surface area contributed by atoms with Crippen molar-refractivity contribution in [1.82, 2.24) is 5.32 Å². The smallest absolute Gasteiger partial charge is 0.325 e. The number of aliphatic hydroxyl groups excluding tert-OH is 1. The maximum Gasteiger partial charge on any atom is 0.325 e. The van der Waals surface area contributed by atoms with Crippen LogP contribution in [0.2, 0.25) is 0 Å². The molecule has 2 unspecified atom stereocenters. The van der Waals surface area contributed by atoms with E-state index in [2.05, 4.69) is 5.32 Å². The van der Waals surface area contributed by atoms with Crippen LogP contribution in [0.5, 0.6) is 0 Å². The van der Waals surface area contributed by atoms with Crippen LogP contribution in [0.4, 0.5) is 0 Å². The summed E-state index contributed by atoms with van der Waals surface area (Å²) in [5.41, 5.74) is 0.662. The van der Waals surface area contributed by atoms with Gasteiger partial charge in [-0.05, 0) is 18.1 Å². The first kappa shape index (κ1) is 15.2. The number of carboxylic acids is 1. The Morgan fingerprint density at radius 1 is 1.10 bits per heavy atom. The fourth-order valence-electron chi connectivity index (χ4n) is 2.28. The molecule has 3 N–H and O–H groups in total. The van der Waals surface area contributed by atoms with Crippen LogP contribution in [0.25, 0.3) is 0 Å². The minimum Gasteiger partial charge on any atom is -0.480 e. The van der Waals surface area contributed by atoms with Crippen molar-refractivity contribution >= 4 is 5.97 Å². The lowest BCUT2D eigenvalue weighted by Crippen LogP contribution is -2.47. The number of rotatable bonds is 6. The Morgan fingerprint density at radius 3 is 2.10 bits per heavy atom. The predicted molar refractivity (Wildman–Crippen MR) is 80.8 cm³/mol. The first-order valence-corrected chi connectivity index (χ1v) is 6.78. The summed E-state index contributed by atoms with van der Waals surface area (Å²) in [5.74, 6) is -0.975. The molecule has 0 saturated heterocycles. The maximum atomic E-state index is 11.6. The monoisotopic (exact) mass is 285 g/mol. The summed E-state index contributed by atoms with van der Waals surface area (Å²) >= 11 is 0. The standard InChI is InChI=1S/C17H19NO3/c1-17(12-19,14-10-6-3-7-11-14)18-15(16(20)21)13-8-4-2-5-9-13/h2-11,15,18-19H,12H2,1H3,(H,20,21). The average molecular weight is 285 g/mol. The molecule has 0 aliphatic carbocycles. The lowest BCUT2D eigenvalue weighted by atomic mass is 9.91. The second-order valence-electron chi connectivity index (χ2n) is 5.18. The van der Waals surface area contributed by atoms with E-state index in [9.17, 15) is 15.0 Å². The number of hydrogen-bond acceptors (Lipinski definition) is 3. The summed E-state index contributed by atoms with van der Waals surface area (Å²) in [4.78, 5) is 11.6. The summed E-state index contributed by atoms with van der Waals surface area (Å²) in [5, 5.41) is 22.3. The van der Waals surface area contributed by atoms with Crippen LogP contribution in [0.3, 0.4) is 0 Å². The number of carbonyl (C=O) groups is 1.